The summed E-state index contributed by atoms with van der Waals surface area (Å²) in [5.41, 5.74) is 1.42. The van der Waals surface area contributed by atoms with E-state index < -0.39 is 5.92 Å². The first-order chi connectivity index (χ1) is 16.1. The van der Waals surface area contributed by atoms with Gasteiger partial charge in [-0.15, -0.1) is 11.3 Å². The van der Waals surface area contributed by atoms with Crippen LogP contribution in [0.3, 0.4) is 0 Å². The van der Waals surface area contributed by atoms with Gasteiger partial charge in [-0.2, -0.15) is 0 Å². The van der Waals surface area contributed by atoms with Crippen molar-refractivity contribution >= 4 is 23.2 Å². The summed E-state index contributed by atoms with van der Waals surface area (Å²) in [7, 11) is 1.63. The van der Waals surface area contributed by atoms with Gasteiger partial charge in [0.2, 0.25) is 5.91 Å². The number of methoxy groups -OCH3 is 1. The van der Waals surface area contributed by atoms with E-state index in [-0.39, 0.29) is 17.9 Å². The summed E-state index contributed by atoms with van der Waals surface area (Å²) in [6, 6.07) is 11.2. The largest absolute Gasteiger partial charge is 0.383 e. The lowest BCUT2D eigenvalue weighted by atomic mass is 9.81. The van der Waals surface area contributed by atoms with Crippen LogP contribution in [0.1, 0.15) is 65.9 Å². The normalized spacial score (nSPS) is 17.9. The van der Waals surface area contributed by atoms with Crippen molar-refractivity contribution in [3.05, 3.63) is 57.8 Å². The second-order valence-corrected chi connectivity index (χ2v) is 9.43. The van der Waals surface area contributed by atoms with Gasteiger partial charge >= 0.3 is 0 Å². The van der Waals surface area contributed by atoms with E-state index in [9.17, 15) is 9.59 Å². The molecular weight excluding hydrogens is 434 g/mol. The molecule has 2 atom stereocenters. The van der Waals surface area contributed by atoms with Gasteiger partial charge in [0.05, 0.1) is 18.6 Å². The summed E-state index contributed by atoms with van der Waals surface area (Å²) in [6.45, 7) is 9.00. The van der Waals surface area contributed by atoms with Crippen LogP contribution in [0.25, 0.3) is 0 Å². The number of fused-ring (bicyclic) bond motifs is 1. The van der Waals surface area contributed by atoms with Gasteiger partial charge in [0, 0.05) is 30.6 Å². The molecule has 7 heteroatoms. The van der Waals surface area contributed by atoms with Crippen LogP contribution in [0.5, 0.6) is 0 Å². The van der Waals surface area contributed by atoms with Gasteiger partial charge in [0.25, 0.3) is 5.91 Å². The Hall–Kier alpha value is -2.22. The fraction of sp³-hybridized carbons (Fsp3) is 0.538. The van der Waals surface area contributed by atoms with Crippen LogP contribution in [-0.2, 0) is 9.53 Å². The van der Waals surface area contributed by atoms with Crippen molar-refractivity contribution in [2.75, 3.05) is 46.4 Å². The maximum atomic E-state index is 13.6. The van der Waals surface area contributed by atoms with Crippen molar-refractivity contribution in [1.29, 1.82) is 0 Å². The number of ether oxygens (including phenoxy) is 1. The van der Waals surface area contributed by atoms with Crippen molar-refractivity contribution in [1.82, 2.24) is 15.1 Å². The monoisotopic (exact) mass is 471 g/mol. The number of benzene rings is 1. The number of hydrogen-bond acceptors (Lipinski definition) is 5. The van der Waals surface area contributed by atoms with E-state index in [0.717, 1.165) is 36.5 Å². The lowest BCUT2D eigenvalue weighted by Gasteiger charge is -2.41. The van der Waals surface area contributed by atoms with Crippen LogP contribution in [0.15, 0.2) is 41.8 Å². The number of thiophene rings is 1. The number of unbranched alkanes of at least 4 members (excludes halogenated alkanes) is 1. The van der Waals surface area contributed by atoms with E-state index in [1.807, 2.05) is 46.7 Å². The van der Waals surface area contributed by atoms with E-state index >= 15 is 0 Å². The van der Waals surface area contributed by atoms with E-state index in [2.05, 4.69) is 24.1 Å². The van der Waals surface area contributed by atoms with Crippen LogP contribution in [-0.4, -0.2) is 68.1 Å². The molecule has 0 bridgehead atoms. The average Bonchev–Trinajstić information content (AvgIpc) is 3.37. The van der Waals surface area contributed by atoms with Crippen molar-refractivity contribution in [3.8, 4) is 0 Å². The Morgan fingerprint density at radius 2 is 1.94 bits per heavy atom. The van der Waals surface area contributed by atoms with Gasteiger partial charge in [-0.1, -0.05) is 44.5 Å². The molecular formula is C26H37N3O3S. The SMILES string of the molecule is CCCCN(CC)CCCNC(=O)[C@@H]1c2ccccc2C(=O)N(CCOC)[C@H]1c1cccs1. The lowest BCUT2D eigenvalue weighted by Crippen LogP contribution is -2.48. The number of carbonyl (C=O) groups excluding carboxylic acids is 2. The molecule has 0 saturated carbocycles. The summed E-state index contributed by atoms with van der Waals surface area (Å²) in [6.07, 6.45) is 3.30. The smallest absolute Gasteiger partial charge is 0.254 e. The minimum Gasteiger partial charge on any atom is -0.383 e. The third-order valence-corrected chi connectivity index (χ3v) is 7.26. The first-order valence-corrected chi connectivity index (χ1v) is 12.9. The van der Waals surface area contributed by atoms with E-state index in [0.29, 0.717) is 25.3 Å². The summed E-state index contributed by atoms with van der Waals surface area (Å²) < 4.78 is 5.29. The minimum absolute atomic E-state index is 0.0210. The number of nitrogens with one attached hydrogen (secondary N) is 1. The lowest BCUT2D eigenvalue weighted by molar-refractivity contribution is -0.124. The molecule has 3 rings (SSSR count). The first kappa shape index (κ1) is 25.4. The van der Waals surface area contributed by atoms with Gasteiger partial charge in [-0.05, 0) is 55.6 Å². The van der Waals surface area contributed by atoms with Crippen molar-refractivity contribution < 1.29 is 14.3 Å². The van der Waals surface area contributed by atoms with Crippen LogP contribution in [0.4, 0.5) is 0 Å². The first-order valence-electron chi connectivity index (χ1n) is 12.0. The Morgan fingerprint density at radius 3 is 2.64 bits per heavy atom. The van der Waals surface area contributed by atoms with Crippen molar-refractivity contribution in [2.45, 2.75) is 45.1 Å². The van der Waals surface area contributed by atoms with Crippen LogP contribution in [0, 0.1) is 0 Å². The molecule has 33 heavy (non-hydrogen) atoms. The number of hydrogen-bond donors (Lipinski definition) is 1. The fourth-order valence-electron chi connectivity index (χ4n) is 4.52. The number of rotatable bonds is 13. The highest BCUT2D eigenvalue weighted by atomic mass is 32.1. The molecule has 1 N–H and O–H groups in total. The molecule has 0 spiro atoms. The van der Waals surface area contributed by atoms with Crippen molar-refractivity contribution in [3.63, 3.8) is 0 Å². The topological polar surface area (TPSA) is 61.9 Å². The quantitative estimate of drug-likeness (QED) is 0.443. The zero-order valence-electron chi connectivity index (χ0n) is 20.1. The molecule has 0 aliphatic carbocycles. The zero-order valence-corrected chi connectivity index (χ0v) is 20.9. The highest BCUT2D eigenvalue weighted by molar-refractivity contribution is 7.10. The predicted octanol–water partition coefficient (Wildman–Crippen LogP) is 4.30. The Balaban J connectivity index is 1.80. The van der Waals surface area contributed by atoms with E-state index in [1.165, 1.54) is 12.8 Å². The molecule has 1 aromatic heterocycles. The highest BCUT2D eigenvalue weighted by Gasteiger charge is 2.44. The second kappa shape index (κ2) is 12.9. The third kappa shape index (κ3) is 6.22. The molecule has 1 aliphatic heterocycles. The molecule has 180 valence electrons. The predicted molar refractivity (Wildman–Crippen MR) is 134 cm³/mol. The Labute approximate surface area is 201 Å². The Bertz CT molecular complexity index is 887. The molecule has 0 saturated heterocycles. The molecule has 2 aromatic rings. The average molecular weight is 472 g/mol. The Morgan fingerprint density at radius 1 is 1.15 bits per heavy atom. The minimum atomic E-state index is -0.447. The molecule has 1 aliphatic rings. The fourth-order valence-corrected chi connectivity index (χ4v) is 5.39. The van der Waals surface area contributed by atoms with E-state index in [1.54, 1.807) is 18.4 Å². The zero-order chi connectivity index (χ0) is 23.6. The van der Waals surface area contributed by atoms with Gasteiger partial charge in [-0.25, -0.2) is 0 Å². The standard InChI is InChI=1S/C26H37N3O3S/c1-4-6-15-28(5-2)16-10-14-27-25(30)23-20-11-7-8-12-21(20)26(31)29(17-18-32-3)24(23)22-13-9-19-33-22/h7-9,11-13,19,23-24H,4-6,10,14-18H2,1-3H3,(H,27,30)/t23-,24+/m1/s1. The molecule has 6 nitrogen and oxygen atoms in total. The summed E-state index contributed by atoms with van der Waals surface area (Å²) in [4.78, 5) is 32.2. The van der Waals surface area contributed by atoms with Gasteiger partial charge in [0.1, 0.15) is 0 Å². The van der Waals surface area contributed by atoms with Gasteiger partial charge in [-0.3, -0.25) is 9.59 Å². The number of amides is 2. The molecule has 0 fully saturated rings. The maximum Gasteiger partial charge on any atom is 0.254 e. The molecule has 2 heterocycles. The summed E-state index contributed by atoms with van der Waals surface area (Å²) >= 11 is 1.59. The van der Waals surface area contributed by atoms with Crippen LogP contribution < -0.4 is 5.32 Å². The second-order valence-electron chi connectivity index (χ2n) is 8.45. The molecule has 1 aromatic carbocycles. The molecule has 0 unspecified atom stereocenters. The maximum absolute atomic E-state index is 13.6. The Kier molecular flexibility index (Phi) is 9.91. The van der Waals surface area contributed by atoms with Crippen LogP contribution in [0.2, 0.25) is 0 Å². The summed E-state index contributed by atoms with van der Waals surface area (Å²) in [5.74, 6) is -0.510. The highest BCUT2D eigenvalue weighted by Crippen LogP contribution is 2.44. The number of nitrogens with zero attached hydrogens (tertiary/aromatic N) is 2. The number of carbonyl (C=O) groups is 2. The van der Waals surface area contributed by atoms with Crippen LogP contribution >= 0.6 is 11.3 Å². The molecule has 2 amide bonds. The van der Waals surface area contributed by atoms with Gasteiger partial charge < -0.3 is 19.9 Å². The third-order valence-electron chi connectivity index (χ3n) is 6.32. The van der Waals surface area contributed by atoms with Crippen molar-refractivity contribution in [2.24, 2.45) is 0 Å². The van der Waals surface area contributed by atoms with Gasteiger partial charge in [0.15, 0.2) is 0 Å². The summed E-state index contributed by atoms with van der Waals surface area (Å²) in [5, 5.41) is 5.18. The van der Waals surface area contributed by atoms with E-state index in [4.69, 9.17) is 4.74 Å². The molecule has 0 radical (unpaired) electrons.